The number of Topliss-reactive ketones (excluding diaryl/α,β-unsaturated/α-hetero) is 1. The maximum absolute atomic E-state index is 12.2. The van der Waals surface area contributed by atoms with Crippen molar-refractivity contribution in [3.8, 4) is 0 Å². The molecule has 0 spiro atoms. The van der Waals surface area contributed by atoms with E-state index in [4.69, 9.17) is 5.73 Å². The zero-order valence-corrected chi connectivity index (χ0v) is 11.7. The summed E-state index contributed by atoms with van der Waals surface area (Å²) < 4.78 is 1.01. The van der Waals surface area contributed by atoms with Crippen LogP contribution < -0.4 is 5.73 Å². The van der Waals surface area contributed by atoms with Gasteiger partial charge >= 0.3 is 0 Å². The first kappa shape index (κ1) is 12.8. The number of anilines is 1. The topological polar surface area (TPSA) is 43.1 Å². The van der Waals surface area contributed by atoms with Gasteiger partial charge in [-0.25, -0.2) is 0 Å². The average Bonchev–Trinajstić information content (AvgIpc) is 2.35. The van der Waals surface area contributed by atoms with Crippen LogP contribution in [-0.2, 0) is 6.42 Å². The van der Waals surface area contributed by atoms with Crippen molar-refractivity contribution in [1.82, 2.24) is 0 Å². The molecule has 0 heterocycles. The van der Waals surface area contributed by atoms with E-state index in [9.17, 15) is 4.79 Å². The van der Waals surface area contributed by atoms with Crippen LogP contribution in [0.4, 0.5) is 5.69 Å². The fourth-order valence-electron chi connectivity index (χ4n) is 1.84. The SMILES string of the molecule is Cc1c(N)cccc1C(=O)Cc1ccc(Br)cc1. The van der Waals surface area contributed by atoms with E-state index in [0.717, 1.165) is 15.6 Å². The molecule has 2 nitrogen and oxygen atoms in total. The summed E-state index contributed by atoms with van der Waals surface area (Å²) in [6, 6.07) is 13.2. The largest absolute Gasteiger partial charge is 0.398 e. The van der Waals surface area contributed by atoms with Crippen molar-refractivity contribution in [2.45, 2.75) is 13.3 Å². The molecule has 0 unspecified atom stereocenters. The Labute approximate surface area is 115 Å². The summed E-state index contributed by atoms with van der Waals surface area (Å²) in [6.45, 7) is 1.88. The summed E-state index contributed by atoms with van der Waals surface area (Å²) in [6.07, 6.45) is 0.400. The van der Waals surface area contributed by atoms with Gasteiger partial charge in [0.05, 0.1) is 0 Å². The van der Waals surface area contributed by atoms with Gasteiger partial charge in [-0.3, -0.25) is 4.79 Å². The minimum atomic E-state index is 0.0992. The van der Waals surface area contributed by atoms with Gasteiger partial charge < -0.3 is 5.73 Å². The lowest BCUT2D eigenvalue weighted by Gasteiger charge is -2.07. The lowest BCUT2D eigenvalue weighted by Crippen LogP contribution is -2.07. The van der Waals surface area contributed by atoms with Crippen LogP contribution in [0.2, 0.25) is 0 Å². The molecule has 18 heavy (non-hydrogen) atoms. The zero-order chi connectivity index (χ0) is 13.1. The molecule has 2 rings (SSSR count). The third kappa shape index (κ3) is 2.79. The number of hydrogen-bond acceptors (Lipinski definition) is 2. The Bertz CT molecular complexity index is 576. The molecule has 0 saturated carbocycles. The fraction of sp³-hybridized carbons (Fsp3) is 0.133. The number of halogens is 1. The van der Waals surface area contributed by atoms with E-state index in [0.29, 0.717) is 17.7 Å². The molecule has 2 N–H and O–H groups in total. The quantitative estimate of drug-likeness (QED) is 0.693. The van der Waals surface area contributed by atoms with Gasteiger partial charge in [0.1, 0.15) is 0 Å². The number of benzene rings is 2. The Balaban J connectivity index is 2.22. The molecule has 0 bridgehead atoms. The van der Waals surface area contributed by atoms with Crippen molar-refractivity contribution in [3.63, 3.8) is 0 Å². The molecule has 0 saturated heterocycles. The minimum Gasteiger partial charge on any atom is -0.398 e. The van der Waals surface area contributed by atoms with Crippen LogP contribution in [-0.4, -0.2) is 5.78 Å². The van der Waals surface area contributed by atoms with Gasteiger partial charge in [0.25, 0.3) is 0 Å². The summed E-state index contributed by atoms with van der Waals surface area (Å²) in [4.78, 5) is 12.2. The third-order valence-corrected chi connectivity index (χ3v) is 3.48. The highest BCUT2D eigenvalue weighted by atomic mass is 79.9. The van der Waals surface area contributed by atoms with Crippen molar-refractivity contribution in [3.05, 3.63) is 63.6 Å². The fourth-order valence-corrected chi connectivity index (χ4v) is 2.10. The monoisotopic (exact) mass is 303 g/mol. The molecule has 0 fully saturated rings. The van der Waals surface area contributed by atoms with Gasteiger partial charge in [0.15, 0.2) is 5.78 Å². The number of carbonyl (C=O) groups excluding carboxylic acids is 1. The maximum atomic E-state index is 12.2. The van der Waals surface area contributed by atoms with E-state index in [1.807, 2.05) is 49.4 Å². The second-order valence-electron chi connectivity index (χ2n) is 4.25. The highest BCUT2D eigenvalue weighted by Gasteiger charge is 2.11. The van der Waals surface area contributed by atoms with Crippen LogP contribution in [0, 0.1) is 6.92 Å². The Kier molecular flexibility index (Phi) is 3.82. The Morgan fingerprint density at radius 2 is 1.83 bits per heavy atom. The van der Waals surface area contributed by atoms with Crippen LogP contribution in [0.25, 0.3) is 0 Å². The van der Waals surface area contributed by atoms with E-state index in [1.54, 1.807) is 0 Å². The number of nitrogens with two attached hydrogens (primary N) is 1. The number of ketones is 1. The van der Waals surface area contributed by atoms with Gasteiger partial charge in [-0.1, -0.05) is 40.2 Å². The van der Waals surface area contributed by atoms with Crippen molar-refractivity contribution >= 4 is 27.4 Å². The molecule has 0 atom stereocenters. The van der Waals surface area contributed by atoms with Crippen LogP contribution >= 0.6 is 15.9 Å². The predicted molar refractivity (Wildman–Crippen MR) is 77.8 cm³/mol. The number of rotatable bonds is 3. The molecular formula is C15H14BrNO. The van der Waals surface area contributed by atoms with E-state index in [-0.39, 0.29) is 5.78 Å². The zero-order valence-electron chi connectivity index (χ0n) is 10.1. The number of hydrogen-bond donors (Lipinski definition) is 1. The van der Waals surface area contributed by atoms with Crippen LogP contribution in [0.1, 0.15) is 21.5 Å². The van der Waals surface area contributed by atoms with Gasteiger partial charge in [0.2, 0.25) is 0 Å². The number of carbonyl (C=O) groups is 1. The van der Waals surface area contributed by atoms with E-state index < -0.39 is 0 Å². The lowest BCUT2D eigenvalue weighted by molar-refractivity contribution is 0.0992. The minimum absolute atomic E-state index is 0.0992. The highest BCUT2D eigenvalue weighted by molar-refractivity contribution is 9.10. The second-order valence-corrected chi connectivity index (χ2v) is 5.16. The first-order chi connectivity index (χ1) is 8.58. The Morgan fingerprint density at radius 3 is 2.50 bits per heavy atom. The van der Waals surface area contributed by atoms with Crippen molar-refractivity contribution < 1.29 is 4.79 Å². The smallest absolute Gasteiger partial charge is 0.167 e. The van der Waals surface area contributed by atoms with Crippen LogP contribution in [0.3, 0.4) is 0 Å². The van der Waals surface area contributed by atoms with E-state index >= 15 is 0 Å². The average molecular weight is 304 g/mol. The molecule has 0 aliphatic carbocycles. The number of nitrogen functional groups attached to an aromatic ring is 1. The second kappa shape index (κ2) is 5.36. The first-order valence-electron chi connectivity index (χ1n) is 5.70. The molecule has 0 amide bonds. The normalized spacial score (nSPS) is 10.3. The predicted octanol–water partition coefficient (Wildman–Crippen LogP) is 3.77. The van der Waals surface area contributed by atoms with Crippen molar-refractivity contribution in [1.29, 1.82) is 0 Å². The molecule has 0 aromatic heterocycles. The van der Waals surface area contributed by atoms with Gasteiger partial charge in [-0.15, -0.1) is 0 Å². The molecule has 0 radical (unpaired) electrons. The summed E-state index contributed by atoms with van der Waals surface area (Å²) in [5.74, 6) is 0.0992. The van der Waals surface area contributed by atoms with Gasteiger partial charge in [-0.2, -0.15) is 0 Å². The molecular weight excluding hydrogens is 290 g/mol. The van der Waals surface area contributed by atoms with Gasteiger partial charge in [0, 0.05) is 22.1 Å². The molecule has 3 heteroatoms. The molecule has 0 aliphatic rings. The summed E-state index contributed by atoms with van der Waals surface area (Å²) in [7, 11) is 0. The lowest BCUT2D eigenvalue weighted by atomic mass is 9.98. The Hall–Kier alpha value is -1.61. The molecule has 2 aromatic carbocycles. The third-order valence-electron chi connectivity index (χ3n) is 2.95. The van der Waals surface area contributed by atoms with Crippen molar-refractivity contribution in [2.75, 3.05) is 5.73 Å². The molecule has 92 valence electrons. The highest BCUT2D eigenvalue weighted by Crippen LogP contribution is 2.18. The van der Waals surface area contributed by atoms with E-state index in [1.165, 1.54) is 0 Å². The molecule has 0 aliphatic heterocycles. The summed E-state index contributed by atoms with van der Waals surface area (Å²) in [5.41, 5.74) is 9.05. The van der Waals surface area contributed by atoms with Gasteiger partial charge in [-0.05, 0) is 36.2 Å². The first-order valence-corrected chi connectivity index (χ1v) is 6.50. The van der Waals surface area contributed by atoms with Crippen molar-refractivity contribution in [2.24, 2.45) is 0 Å². The van der Waals surface area contributed by atoms with Crippen LogP contribution in [0.15, 0.2) is 46.9 Å². The summed E-state index contributed by atoms with van der Waals surface area (Å²) in [5, 5.41) is 0. The van der Waals surface area contributed by atoms with Crippen LogP contribution in [0.5, 0.6) is 0 Å². The van der Waals surface area contributed by atoms with E-state index in [2.05, 4.69) is 15.9 Å². The molecule has 2 aromatic rings. The standard InChI is InChI=1S/C15H14BrNO/c1-10-13(3-2-4-14(10)17)15(18)9-11-5-7-12(16)8-6-11/h2-8H,9,17H2,1H3. The Morgan fingerprint density at radius 1 is 1.17 bits per heavy atom. The maximum Gasteiger partial charge on any atom is 0.167 e. The summed E-state index contributed by atoms with van der Waals surface area (Å²) >= 11 is 3.38.